The number of amides is 1. The number of hydrogen-bond donors (Lipinski definition) is 2. The quantitative estimate of drug-likeness (QED) is 0.762. The first-order chi connectivity index (χ1) is 9.42. The van der Waals surface area contributed by atoms with Crippen molar-refractivity contribution in [3.63, 3.8) is 0 Å². The lowest BCUT2D eigenvalue weighted by atomic mass is 10.1. The Bertz CT molecular complexity index is 525. The van der Waals surface area contributed by atoms with Crippen molar-refractivity contribution in [2.45, 2.75) is 13.3 Å². The molecule has 110 valence electrons. The molecule has 1 aromatic rings. The highest BCUT2D eigenvalue weighted by molar-refractivity contribution is 9.10. The van der Waals surface area contributed by atoms with E-state index in [9.17, 15) is 9.18 Å². The smallest absolute Gasteiger partial charge is 0.239 e. The molecular formula is C13H17BrFN3OS. The van der Waals surface area contributed by atoms with E-state index in [1.54, 1.807) is 24.1 Å². The molecule has 0 aliphatic heterocycles. The molecule has 1 amide bonds. The van der Waals surface area contributed by atoms with Gasteiger partial charge in [0.15, 0.2) is 5.82 Å². The number of nitrogens with two attached hydrogens (primary N) is 1. The van der Waals surface area contributed by atoms with E-state index in [0.29, 0.717) is 17.8 Å². The van der Waals surface area contributed by atoms with E-state index in [-0.39, 0.29) is 21.9 Å². The van der Waals surface area contributed by atoms with Crippen molar-refractivity contribution in [1.29, 1.82) is 0 Å². The third-order valence-corrected chi connectivity index (χ3v) is 3.77. The molecule has 20 heavy (non-hydrogen) atoms. The standard InChI is InChI=1S/C13H17BrFN3OS/c1-3-6-18(7-10(19)17-2)9-5-4-8(13(16)20)11(14)12(9)15/h4-5H,3,6-7H2,1-2H3,(H2,16,20)(H,17,19). The zero-order valence-corrected chi connectivity index (χ0v) is 13.8. The maximum atomic E-state index is 14.4. The molecule has 0 aliphatic rings. The van der Waals surface area contributed by atoms with Gasteiger partial charge in [-0.3, -0.25) is 4.79 Å². The predicted molar refractivity (Wildman–Crippen MR) is 86.6 cm³/mol. The molecule has 0 saturated heterocycles. The maximum absolute atomic E-state index is 14.4. The number of benzene rings is 1. The molecule has 1 rings (SSSR count). The molecule has 7 heteroatoms. The fraction of sp³-hybridized carbons (Fsp3) is 0.385. The summed E-state index contributed by atoms with van der Waals surface area (Å²) in [5, 5.41) is 2.53. The number of likely N-dealkylation sites (N-methyl/N-ethyl adjacent to an activating group) is 1. The molecule has 0 fully saturated rings. The molecule has 0 atom stereocenters. The van der Waals surface area contributed by atoms with Crippen molar-refractivity contribution in [2.75, 3.05) is 25.0 Å². The maximum Gasteiger partial charge on any atom is 0.239 e. The van der Waals surface area contributed by atoms with Crippen LogP contribution in [0.1, 0.15) is 18.9 Å². The van der Waals surface area contributed by atoms with Gasteiger partial charge in [-0.1, -0.05) is 19.1 Å². The summed E-state index contributed by atoms with van der Waals surface area (Å²) in [5.41, 5.74) is 6.32. The second-order valence-electron chi connectivity index (χ2n) is 4.22. The van der Waals surface area contributed by atoms with E-state index < -0.39 is 5.82 Å². The lowest BCUT2D eigenvalue weighted by Crippen LogP contribution is -2.36. The van der Waals surface area contributed by atoms with Crippen molar-refractivity contribution < 1.29 is 9.18 Å². The van der Waals surface area contributed by atoms with Crippen LogP contribution in [0.5, 0.6) is 0 Å². The third-order valence-electron chi connectivity index (χ3n) is 2.77. The van der Waals surface area contributed by atoms with Gasteiger partial charge in [-0.15, -0.1) is 0 Å². The topological polar surface area (TPSA) is 58.4 Å². The Morgan fingerprint density at radius 3 is 2.70 bits per heavy atom. The van der Waals surface area contributed by atoms with Gasteiger partial charge < -0.3 is 16.0 Å². The normalized spacial score (nSPS) is 10.2. The Kier molecular flexibility index (Phi) is 6.35. The van der Waals surface area contributed by atoms with E-state index in [2.05, 4.69) is 21.2 Å². The molecule has 0 aromatic heterocycles. The molecule has 0 spiro atoms. The molecule has 0 radical (unpaired) electrons. The number of nitrogens with one attached hydrogen (secondary N) is 1. The minimum atomic E-state index is -0.465. The average Bonchev–Trinajstić information content (AvgIpc) is 2.40. The molecule has 0 unspecified atom stereocenters. The number of halogens is 2. The third kappa shape index (κ3) is 3.89. The number of thiocarbonyl (C=S) groups is 1. The van der Waals surface area contributed by atoms with Gasteiger partial charge in [-0.05, 0) is 34.5 Å². The fourth-order valence-corrected chi connectivity index (χ4v) is 2.63. The van der Waals surface area contributed by atoms with Crippen LogP contribution in [0.4, 0.5) is 10.1 Å². The fourth-order valence-electron chi connectivity index (χ4n) is 1.78. The van der Waals surface area contributed by atoms with Gasteiger partial charge in [0.1, 0.15) is 4.99 Å². The lowest BCUT2D eigenvalue weighted by molar-refractivity contribution is -0.119. The molecular weight excluding hydrogens is 345 g/mol. The number of nitrogens with zero attached hydrogens (tertiary/aromatic N) is 1. The zero-order chi connectivity index (χ0) is 15.3. The Labute approximate surface area is 131 Å². The summed E-state index contributed by atoms with van der Waals surface area (Å²) in [4.78, 5) is 13.3. The van der Waals surface area contributed by atoms with E-state index in [1.807, 2.05) is 6.92 Å². The summed E-state index contributed by atoms with van der Waals surface area (Å²) in [6.45, 7) is 2.64. The van der Waals surface area contributed by atoms with Crippen LogP contribution in [0.15, 0.2) is 16.6 Å². The zero-order valence-electron chi connectivity index (χ0n) is 11.4. The molecule has 1 aromatic carbocycles. The molecule has 0 aliphatic carbocycles. The molecule has 0 bridgehead atoms. The Balaban J connectivity index is 3.17. The van der Waals surface area contributed by atoms with Crippen LogP contribution in [-0.2, 0) is 4.79 Å². The number of carbonyl (C=O) groups is 1. The minimum absolute atomic E-state index is 0.0973. The van der Waals surface area contributed by atoms with Gasteiger partial charge in [0.25, 0.3) is 0 Å². The first kappa shape index (κ1) is 16.8. The Hall–Kier alpha value is -1.21. The van der Waals surface area contributed by atoms with E-state index in [1.165, 1.54) is 0 Å². The van der Waals surface area contributed by atoms with Crippen LogP contribution in [-0.4, -0.2) is 31.0 Å². The van der Waals surface area contributed by atoms with Gasteiger partial charge in [0, 0.05) is 19.2 Å². The van der Waals surface area contributed by atoms with Crippen molar-refractivity contribution in [1.82, 2.24) is 5.32 Å². The minimum Gasteiger partial charge on any atom is -0.389 e. The van der Waals surface area contributed by atoms with Crippen molar-refractivity contribution in [3.05, 3.63) is 28.0 Å². The highest BCUT2D eigenvalue weighted by atomic mass is 79.9. The van der Waals surface area contributed by atoms with Gasteiger partial charge in [-0.25, -0.2) is 4.39 Å². The van der Waals surface area contributed by atoms with Crippen LogP contribution < -0.4 is 16.0 Å². The number of rotatable bonds is 6. The van der Waals surface area contributed by atoms with Crippen molar-refractivity contribution in [3.8, 4) is 0 Å². The van der Waals surface area contributed by atoms with Crippen LogP contribution >= 0.6 is 28.1 Å². The highest BCUT2D eigenvalue weighted by Gasteiger charge is 2.18. The average molecular weight is 362 g/mol. The molecule has 4 nitrogen and oxygen atoms in total. The second-order valence-corrected chi connectivity index (χ2v) is 5.45. The lowest BCUT2D eigenvalue weighted by Gasteiger charge is -2.24. The predicted octanol–water partition coefficient (Wildman–Crippen LogP) is 2.18. The number of hydrogen-bond acceptors (Lipinski definition) is 3. The summed E-state index contributed by atoms with van der Waals surface area (Å²) < 4.78 is 14.6. The van der Waals surface area contributed by atoms with Crippen LogP contribution in [0, 0.1) is 5.82 Å². The van der Waals surface area contributed by atoms with E-state index >= 15 is 0 Å². The van der Waals surface area contributed by atoms with Crippen molar-refractivity contribution >= 4 is 44.7 Å². The largest absolute Gasteiger partial charge is 0.389 e. The van der Waals surface area contributed by atoms with Gasteiger partial charge in [-0.2, -0.15) is 0 Å². The van der Waals surface area contributed by atoms with Crippen LogP contribution in [0.2, 0.25) is 0 Å². The first-order valence-corrected chi connectivity index (χ1v) is 7.35. The summed E-state index contributed by atoms with van der Waals surface area (Å²) >= 11 is 8.03. The highest BCUT2D eigenvalue weighted by Crippen LogP contribution is 2.29. The Morgan fingerprint density at radius 2 is 2.20 bits per heavy atom. The number of anilines is 1. The monoisotopic (exact) mass is 361 g/mol. The van der Waals surface area contributed by atoms with Crippen LogP contribution in [0.25, 0.3) is 0 Å². The summed E-state index contributed by atoms with van der Waals surface area (Å²) in [6.07, 6.45) is 0.797. The van der Waals surface area contributed by atoms with Crippen molar-refractivity contribution in [2.24, 2.45) is 5.73 Å². The summed E-state index contributed by atoms with van der Waals surface area (Å²) in [5.74, 6) is -0.639. The SMILES string of the molecule is CCCN(CC(=O)NC)c1ccc(C(N)=S)c(Br)c1F. The molecule has 0 heterocycles. The second kappa shape index (κ2) is 7.54. The Morgan fingerprint density at radius 1 is 1.55 bits per heavy atom. The summed E-state index contributed by atoms with van der Waals surface area (Å²) in [7, 11) is 1.55. The van der Waals surface area contributed by atoms with Gasteiger partial charge in [0.05, 0.1) is 16.7 Å². The molecule has 0 saturated carbocycles. The number of carbonyl (C=O) groups excluding carboxylic acids is 1. The first-order valence-electron chi connectivity index (χ1n) is 6.15. The summed E-state index contributed by atoms with van der Waals surface area (Å²) in [6, 6.07) is 3.24. The van der Waals surface area contributed by atoms with Gasteiger partial charge in [0.2, 0.25) is 5.91 Å². The van der Waals surface area contributed by atoms with E-state index in [4.69, 9.17) is 18.0 Å². The molecule has 3 N–H and O–H groups in total. The van der Waals surface area contributed by atoms with Crippen LogP contribution in [0.3, 0.4) is 0 Å². The van der Waals surface area contributed by atoms with E-state index in [0.717, 1.165) is 6.42 Å². The van der Waals surface area contributed by atoms with Gasteiger partial charge >= 0.3 is 0 Å².